The lowest BCUT2D eigenvalue weighted by molar-refractivity contribution is 0.102. The fraction of sp³-hybridized carbons (Fsp3) is 0.682. The molecule has 1 atom stereocenters. The van der Waals surface area contributed by atoms with Gasteiger partial charge in [0.2, 0.25) is 5.78 Å². The van der Waals surface area contributed by atoms with Gasteiger partial charge in [0.25, 0.3) is 0 Å². The number of hydrogen-bond donors (Lipinski definition) is 0. The van der Waals surface area contributed by atoms with Gasteiger partial charge in [-0.3, -0.25) is 4.79 Å². The molecule has 3 heteroatoms. The number of hydrogen-bond acceptors (Lipinski definition) is 2. The van der Waals surface area contributed by atoms with Gasteiger partial charge in [0.05, 0.1) is 13.4 Å². The third kappa shape index (κ3) is 10.6. The van der Waals surface area contributed by atoms with Gasteiger partial charge in [-0.2, -0.15) is 0 Å². The van der Waals surface area contributed by atoms with E-state index in [9.17, 15) is 4.79 Å². The van der Waals surface area contributed by atoms with Crippen LogP contribution in [0.4, 0.5) is 0 Å². The fourth-order valence-electron chi connectivity index (χ4n) is 2.99. The number of carbonyl (C=O) groups excluding carboxylic acids is 1. The number of Topliss-reactive ketones (excluding diaryl/α,β-unsaturated/α-hetero) is 1. The highest BCUT2D eigenvalue weighted by Crippen LogP contribution is 2.14. The topological polar surface area (TPSA) is 26.3 Å². The summed E-state index contributed by atoms with van der Waals surface area (Å²) in [5, 5.41) is 0. The van der Waals surface area contributed by atoms with Crippen LogP contribution in [0.5, 0.6) is 5.75 Å². The van der Waals surface area contributed by atoms with Crippen LogP contribution < -0.4 is 4.74 Å². The average molecular weight is 366 g/mol. The van der Waals surface area contributed by atoms with Crippen LogP contribution in [0, 0.1) is 0 Å². The standard InChI is InChI=1S/C22H37O2S/c1-4-5-6-7-8-9-10-11-12-13-18-25(3)19-22(23)20-14-16-21(24-2)17-15-20/h14-17H,4-13,18-19H2,1-3H3/q+1. The number of ketones is 1. The quantitative estimate of drug-likeness (QED) is 0.215. The van der Waals surface area contributed by atoms with Crippen molar-refractivity contribution in [2.75, 3.05) is 24.9 Å². The zero-order valence-electron chi connectivity index (χ0n) is 16.5. The molecular formula is C22H37O2S+. The zero-order valence-corrected chi connectivity index (χ0v) is 17.3. The Hall–Kier alpha value is -0.960. The summed E-state index contributed by atoms with van der Waals surface area (Å²) in [7, 11) is 1.84. The van der Waals surface area contributed by atoms with Gasteiger partial charge in [-0.15, -0.1) is 0 Å². The SMILES string of the molecule is CCCCCCCCCCCC[S+](C)CC(=O)c1ccc(OC)cc1. The summed E-state index contributed by atoms with van der Waals surface area (Å²) < 4.78 is 5.14. The van der Waals surface area contributed by atoms with Gasteiger partial charge in [-0.05, 0) is 48.0 Å². The molecule has 0 spiro atoms. The minimum Gasteiger partial charge on any atom is -0.497 e. The van der Waals surface area contributed by atoms with Gasteiger partial charge in [0.1, 0.15) is 11.5 Å². The van der Waals surface area contributed by atoms with Crippen LogP contribution in [0.1, 0.15) is 81.5 Å². The first-order valence-electron chi connectivity index (χ1n) is 9.93. The van der Waals surface area contributed by atoms with E-state index in [2.05, 4.69) is 13.2 Å². The lowest BCUT2D eigenvalue weighted by Crippen LogP contribution is -2.18. The molecule has 1 aromatic carbocycles. The second-order valence-corrected chi connectivity index (χ2v) is 9.22. The van der Waals surface area contributed by atoms with Crippen molar-refractivity contribution >= 4 is 16.7 Å². The van der Waals surface area contributed by atoms with E-state index in [0.717, 1.165) is 11.3 Å². The number of ether oxygens (including phenoxy) is 1. The van der Waals surface area contributed by atoms with Crippen molar-refractivity contribution < 1.29 is 9.53 Å². The summed E-state index contributed by atoms with van der Waals surface area (Å²) in [6.45, 7) is 2.27. The minimum absolute atomic E-state index is 0.199. The summed E-state index contributed by atoms with van der Waals surface area (Å²) >= 11 is 0. The molecular weight excluding hydrogens is 328 g/mol. The molecule has 0 bridgehead atoms. The maximum absolute atomic E-state index is 12.3. The van der Waals surface area contributed by atoms with Crippen LogP contribution in [0.3, 0.4) is 0 Å². The van der Waals surface area contributed by atoms with Crippen molar-refractivity contribution in [3.63, 3.8) is 0 Å². The highest BCUT2D eigenvalue weighted by Gasteiger charge is 2.18. The van der Waals surface area contributed by atoms with E-state index in [4.69, 9.17) is 4.74 Å². The fourth-order valence-corrected chi connectivity index (χ4v) is 4.45. The Balaban J connectivity index is 2.04. The van der Waals surface area contributed by atoms with Crippen LogP contribution in [0.2, 0.25) is 0 Å². The van der Waals surface area contributed by atoms with Gasteiger partial charge in [-0.1, -0.05) is 58.3 Å². The second kappa shape index (κ2) is 14.2. The Labute approximate surface area is 158 Å². The Bertz CT molecular complexity index is 456. The van der Waals surface area contributed by atoms with Crippen LogP contribution in [0.25, 0.3) is 0 Å². The molecule has 0 fully saturated rings. The maximum atomic E-state index is 12.3. The Morgan fingerprint density at radius 1 is 0.880 bits per heavy atom. The number of rotatable bonds is 15. The van der Waals surface area contributed by atoms with Crippen molar-refractivity contribution in [2.45, 2.75) is 71.1 Å². The molecule has 0 saturated carbocycles. The van der Waals surface area contributed by atoms with E-state index < -0.39 is 0 Å². The Morgan fingerprint density at radius 2 is 1.40 bits per heavy atom. The predicted molar refractivity (Wildman–Crippen MR) is 112 cm³/mol. The smallest absolute Gasteiger partial charge is 0.211 e. The molecule has 0 aliphatic carbocycles. The van der Waals surface area contributed by atoms with Gasteiger partial charge in [0.15, 0.2) is 5.75 Å². The molecule has 25 heavy (non-hydrogen) atoms. The van der Waals surface area contributed by atoms with E-state index in [1.165, 1.54) is 70.0 Å². The van der Waals surface area contributed by atoms with Crippen molar-refractivity contribution in [1.82, 2.24) is 0 Å². The van der Waals surface area contributed by atoms with Gasteiger partial charge in [0, 0.05) is 5.56 Å². The summed E-state index contributed by atoms with van der Waals surface area (Å²) in [4.78, 5) is 12.3. The predicted octanol–water partition coefficient (Wildman–Crippen LogP) is 6.05. The molecule has 142 valence electrons. The molecule has 0 aliphatic heterocycles. The normalized spacial score (nSPS) is 12.1. The first-order valence-corrected chi connectivity index (χ1v) is 11.9. The van der Waals surface area contributed by atoms with Crippen LogP contribution >= 0.6 is 0 Å². The van der Waals surface area contributed by atoms with Gasteiger partial charge >= 0.3 is 0 Å². The number of unbranched alkanes of at least 4 members (excludes halogenated alkanes) is 9. The summed E-state index contributed by atoms with van der Waals surface area (Å²) in [6.07, 6.45) is 15.9. The molecule has 0 heterocycles. The van der Waals surface area contributed by atoms with E-state index >= 15 is 0 Å². The second-order valence-electron chi connectivity index (χ2n) is 6.96. The first kappa shape index (κ1) is 22.1. The Kier molecular flexibility index (Phi) is 12.6. The van der Waals surface area contributed by atoms with E-state index in [-0.39, 0.29) is 16.7 Å². The number of benzene rings is 1. The highest BCUT2D eigenvalue weighted by molar-refractivity contribution is 7.96. The zero-order chi connectivity index (χ0) is 18.3. The third-order valence-corrected chi connectivity index (χ3v) is 6.38. The van der Waals surface area contributed by atoms with Crippen LogP contribution in [0.15, 0.2) is 24.3 Å². The number of carbonyl (C=O) groups is 1. The molecule has 0 amide bonds. The van der Waals surface area contributed by atoms with Gasteiger partial charge in [-0.25, -0.2) is 0 Å². The van der Waals surface area contributed by atoms with Gasteiger partial charge < -0.3 is 4.74 Å². The van der Waals surface area contributed by atoms with E-state index in [1.54, 1.807) is 7.11 Å². The number of methoxy groups -OCH3 is 1. The maximum Gasteiger partial charge on any atom is 0.211 e. The van der Waals surface area contributed by atoms with Crippen LogP contribution in [-0.2, 0) is 10.9 Å². The lowest BCUT2D eigenvalue weighted by Gasteiger charge is -2.05. The van der Waals surface area contributed by atoms with Crippen molar-refractivity contribution in [2.24, 2.45) is 0 Å². The van der Waals surface area contributed by atoms with Crippen LogP contribution in [-0.4, -0.2) is 30.7 Å². The monoisotopic (exact) mass is 365 g/mol. The van der Waals surface area contributed by atoms with Crippen molar-refractivity contribution in [3.8, 4) is 5.75 Å². The Morgan fingerprint density at radius 3 is 1.92 bits per heavy atom. The summed E-state index contributed by atoms with van der Waals surface area (Å²) in [5.74, 6) is 2.94. The largest absolute Gasteiger partial charge is 0.497 e. The highest BCUT2D eigenvalue weighted by atomic mass is 32.2. The van der Waals surface area contributed by atoms with Crippen molar-refractivity contribution in [1.29, 1.82) is 0 Å². The van der Waals surface area contributed by atoms with Crippen molar-refractivity contribution in [3.05, 3.63) is 29.8 Å². The minimum atomic E-state index is 0.199. The lowest BCUT2D eigenvalue weighted by atomic mass is 10.1. The van der Waals surface area contributed by atoms with E-state index in [1.807, 2.05) is 24.3 Å². The molecule has 1 aromatic rings. The summed E-state index contributed by atoms with van der Waals surface area (Å²) in [6, 6.07) is 7.48. The third-order valence-electron chi connectivity index (χ3n) is 4.64. The molecule has 2 nitrogen and oxygen atoms in total. The van der Waals surface area contributed by atoms with E-state index in [0.29, 0.717) is 5.75 Å². The molecule has 0 N–H and O–H groups in total. The molecule has 0 saturated heterocycles. The molecule has 0 aromatic heterocycles. The molecule has 1 unspecified atom stereocenters. The first-order chi connectivity index (χ1) is 12.2. The molecule has 1 rings (SSSR count). The molecule has 0 radical (unpaired) electrons. The summed E-state index contributed by atoms with van der Waals surface area (Å²) in [5.41, 5.74) is 0.809. The molecule has 0 aliphatic rings. The average Bonchev–Trinajstić information content (AvgIpc) is 2.63.